The third-order valence-corrected chi connectivity index (χ3v) is 4.26. The van der Waals surface area contributed by atoms with E-state index in [2.05, 4.69) is 5.32 Å². The summed E-state index contributed by atoms with van der Waals surface area (Å²) in [7, 11) is 0. The lowest BCUT2D eigenvalue weighted by Gasteiger charge is -2.13. The van der Waals surface area contributed by atoms with Crippen molar-refractivity contribution in [3.8, 4) is 0 Å². The van der Waals surface area contributed by atoms with Gasteiger partial charge in [0, 0.05) is 24.2 Å². The van der Waals surface area contributed by atoms with Gasteiger partial charge in [-0.25, -0.2) is 0 Å². The molecule has 0 fully saturated rings. The Morgan fingerprint density at radius 1 is 0.962 bits per heavy atom. The van der Waals surface area contributed by atoms with E-state index in [0.717, 1.165) is 10.5 Å². The fourth-order valence-electron chi connectivity index (χ4n) is 2.83. The minimum Gasteiger partial charge on any atom is -0.326 e. The normalized spacial score (nSPS) is 12.9. The Morgan fingerprint density at radius 2 is 1.62 bits per heavy atom. The second-order valence-electron chi connectivity index (χ2n) is 6.24. The van der Waals surface area contributed by atoms with Crippen LogP contribution in [0.2, 0.25) is 0 Å². The molecule has 2 aromatic carbocycles. The number of fused-ring (bicyclic) bond motifs is 1. The molecule has 0 saturated heterocycles. The molecule has 1 aliphatic heterocycles. The van der Waals surface area contributed by atoms with Crippen molar-refractivity contribution in [2.75, 3.05) is 11.9 Å². The van der Waals surface area contributed by atoms with Crippen LogP contribution in [0.15, 0.2) is 42.5 Å². The predicted molar refractivity (Wildman–Crippen MR) is 96.2 cm³/mol. The lowest BCUT2D eigenvalue weighted by molar-refractivity contribution is -0.116. The van der Waals surface area contributed by atoms with Crippen molar-refractivity contribution in [2.24, 2.45) is 0 Å². The Labute approximate surface area is 150 Å². The SMILES string of the molecule is CC(=O)c1ccc(NC(=O)CCN2C(=O)c3ccc(C)cc3C2=O)cc1. The summed E-state index contributed by atoms with van der Waals surface area (Å²) in [6, 6.07) is 11.6. The van der Waals surface area contributed by atoms with E-state index >= 15 is 0 Å². The molecule has 1 aliphatic rings. The molecule has 0 atom stereocenters. The Kier molecular flexibility index (Phi) is 4.67. The summed E-state index contributed by atoms with van der Waals surface area (Å²) in [6.45, 7) is 3.34. The van der Waals surface area contributed by atoms with Crippen molar-refractivity contribution in [3.63, 3.8) is 0 Å². The van der Waals surface area contributed by atoms with Crippen molar-refractivity contribution in [1.82, 2.24) is 4.90 Å². The third-order valence-electron chi connectivity index (χ3n) is 4.26. The van der Waals surface area contributed by atoms with Gasteiger partial charge in [-0.1, -0.05) is 11.6 Å². The standard InChI is InChI=1S/C20H18N2O4/c1-12-3-8-16-17(11-12)20(26)22(19(16)25)10-9-18(24)21-15-6-4-14(5-7-15)13(2)23/h3-8,11H,9-10H2,1-2H3,(H,21,24). The average Bonchev–Trinajstić information content (AvgIpc) is 2.84. The molecule has 0 saturated carbocycles. The summed E-state index contributed by atoms with van der Waals surface area (Å²) >= 11 is 0. The van der Waals surface area contributed by atoms with E-state index in [0.29, 0.717) is 22.4 Å². The van der Waals surface area contributed by atoms with Crippen LogP contribution >= 0.6 is 0 Å². The van der Waals surface area contributed by atoms with Gasteiger partial charge in [-0.3, -0.25) is 24.1 Å². The van der Waals surface area contributed by atoms with E-state index in [1.165, 1.54) is 6.92 Å². The van der Waals surface area contributed by atoms with Crippen LogP contribution < -0.4 is 5.32 Å². The highest BCUT2D eigenvalue weighted by atomic mass is 16.2. The largest absolute Gasteiger partial charge is 0.326 e. The summed E-state index contributed by atoms with van der Waals surface area (Å²) in [5.74, 6) is -1.10. The smallest absolute Gasteiger partial charge is 0.261 e. The number of imide groups is 1. The number of hydrogen-bond acceptors (Lipinski definition) is 4. The van der Waals surface area contributed by atoms with Crippen LogP contribution in [0.4, 0.5) is 5.69 Å². The highest BCUT2D eigenvalue weighted by Gasteiger charge is 2.35. The number of Topliss-reactive ketones (excluding diaryl/α,β-unsaturated/α-hetero) is 1. The molecule has 2 aromatic rings. The van der Waals surface area contributed by atoms with Gasteiger partial charge in [-0.05, 0) is 50.2 Å². The first-order valence-electron chi connectivity index (χ1n) is 8.24. The predicted octanol–water partition coefficient (Wildman–Crippen LogP) is 2.82. The average molecular weight is 350 g/mol. The molecule has 6 heteroatoms. The first kappa shape index (κ1) is 17.5. The molecule has 1 N–H and O–H groups in total. The minimum absolute atomic E-state index is 0.00108. The highest BCUT2D eigenvalue weighted by molar-refractivity contribution is 6.21. The lowest BCUT2D eigenvalue weighted by Crippen LogP contribution is -2.32. The maximum atomic E-state index is 12.4. The lowest BCUT2D eigenvalue weighted by atomic mass is 10.1. The number of benzene rings is 2. The third kappa shape index (κ3) is 3.39. The molecule has 1 heterocycles. The maximum Gasteiger partial charge on any atom is 0.261 e. The van der Waals surface area contributed by atoms with Crippen molar-refractivity contribution in [2.45, 2.75) is 20.3 Å². The van der Waals surface area contributed by atoms with Gasteiger partial charge in [-0.2, -0.15) is 0 Å². The number of rotatable bonds is 5. The second kappa shape index (κ2) is 6.92. The monoisotopic (exact) mass is 350 g/mol. The molecule has 3 rings (SSSR count). The highest BCUT2D eigenvalue weighted by Crippen LogP contribution is 2.24. The number of aryl methyl sites for hydroxylation is 1. The number of nitrogens with zero attached hydrogens (tertiary/aromatic N) is 1. The quantitative estimate of drug-likeness (QED) is 0.664. The van der Waals surface area contributed by atoms with E-state index in [9.17, 15) is 19.2 Å². The fraction of sp³-hybridized carbons (Fsp3) is 0.200. The number of carbonyl (C=O) groups excluding carboxylic acids is 4. The Morgan fingerprint density at radius 3 is 2.27 bits per heavy atom. The van der Waals surface area contributed by atoms with Gasteiger partial charge in [0.15, 0.2) is 5.78 Å². The molecule has 132 valence electrons. The van der Waals surface area contributed by atoms with Gasteiger partial charge in [0.05, 0.1) is 11.1 Å². The summed E-state index contributed by atoms with van der Waals surface area (Å²) in [4.78, 5) is 49.2. The molecule has 26 heavy (non-hydrogen) atoms. The van der Waals surface area contributed by atoms with Gasteiger partial charge >= 0.3 is 0 Å². The zero-order valence-electron chi connectivity index (χ0n) is 14.5. The van der Waals surface area contributed by atoms with Crippen LogP contribution in [0.25, 0.3) is 0 Å². The van der Waals surface area contributed by atoms with E-state index in [-0.39, 0.29) is 36.5 Å². The van der Waals surface area contributed by atoms with Gasteiger partial charge in [0.1, 0.15) is 0 Å². The first-order chi connectivity index (χ1) is 12.4. The molecule has 0 bridgehead atoms. The summed E-state index contributed by atoms with van der Waals surface area (Å²) in [6.07, 6.45) is -0.00108. The van der Waals surface area contributed by atoms with Crippen LogP contribution in [0.1, 0.15) is 50.0 Å². The van der Waals surface area contributed by atoms with Crippen LogP contribution in [-0.2, 0) is 4.79 Å². The number of hydrogen-bond donors (Lipinski definition) is 1. The number of ketones is 1. The maximum absolute atomic E-state index is 12.4. The Balaban J connectivity index is 1.61. The summed E-state index contributed by atoms with van der Waals surface area (Å²) in [5.41, 5.74) is 2.77. The fourth-order valence-corrected chi connectivity index (χ4v) is 2.83. The van der Waals surface area contributed by atoms with E-state index in [1.807, 2.05) is 6.92 Å². The van der Waals surface area contributed by atoms with Crippen LogP contribution in [0.5, 0.6) is 0 Å². The molecule has 0 spiro atoms. The molecular formula is C20H18N2O4. The van der Waals surface area contributed by atoms with Crippen molar-refractivity contribution < 1.29 is 19.2 Å². The van der Waals surface area contributed by atoms with Gasteiger partial charge in [0.2, 0.25) is 5.91 Å². The molecule has 3 amide bonds. The summed E-state index contributed by atoms with van der Waals surface area (Å²) in [5, 5.41) is 2.69. The van der Waals surface area contributed by atoms with Crippen LogP contribution in [0, 0.1) is 6.92 Å². The zero-order chi connectivity index (χ0) is 18.8. The number of carbonyl (C=O) groups is 4. The van der Waals surface area contributed by atoms with Crippen molar-refractivity contribution in [1.29, 1.82) is 0 Å². The number of nitrogens with one attached hydrogen (secondary N) is 1. The molecule has 0 aliphatic carbocycles. The Hall–Kier alpha value is -3.28. The van der Waals surface area contributed by atoms with E-state index in [4.69, 9.17) is 0 Å². The molecule has 0 unspecified atom stereocenters. The Bertz CT molecular complexity index is 916. The number of anilines is 1. The minimum atomic E-state index is -0.372. The van der Waals surface area contributed by atoms with Crippen LogP contribution in [-0.4, -0.2) is 34.9 Å². The van der Waals surface area contributed by atoms with Crippen molar-refractivity contribution in [3.05, 3.63) is 64.7 Å². The zero-order valence-corrected chi connectivity index (χ0v) is 14.5. The molecule has 6 nitrogen and oxygen atoms in total. The van der Waals surface area contributed by atoms with Gasteiger partial charge in [0.25, 0.3) is 11.8 Å². The molecule has 0 radical (unpaired) electrons. The van der Waals surface area contributed by atoms with Gasteiger partial charge in [-0.15, -0.1) is 0 Å². The first-order valence-corrected chi connectivity index (χ1v) is 8.24. The summed E-state index contributed by atoms with van der Waals surface area (Å²) < 4.78 is 0. The second-order valence-corrected chi connectivity index (χ2v) is 6.24. The number of amides is 3. The van der Waals surface area contributed by atoms with E-state index < -0.39 is 0 Å². The van der Waals surface area contributed by atoms with E-state index in [1.54, 1.807) is 42.5 Å². The topological polar surface area (TPSA) is 83.6 Å². The van der Waals surface area contributed by atoms with Crippen LogP contribution in [0.3, 0.4) is 0 Å². The van der Waals surface area contributed by atoms with Gasteiger partial charge < -0.3 is 5.32 Å². The molecule has 0 aromatic heterocycles. The van der Waals surface area contributed by atoms with Crippen molar-refractivity contribution >= 4 is 29.2 Å². The molecular weight excluding hydrogens is 332 g/mol.